The summed E-state index contributed by atoms with van der Waals surface area (Å²) in [6.07, 6.45) is 12.5. The molecule has 1 aliphatic rings. The van der Waals surface area contributed by atoms with Crippen molar-refractivity contribution in [2.24, 2.45) is 5.92 Å². The van der Waals surface area contributed by atoms with Gasteiger partial charge in [0.15, 0.2) is 0 Å². The molecule has 1 heterocycles. The van der Waals surface area contributed by atoms with Gasteiger partial charge in [-0.1, -0.05) is 74.0 Å². The third kappa shape index (κ3) is 4.02. The van der Waals surface area contributed by atoms with Gasteiger partial charge >= 0.3 is 0 Å². The van der Waals surface area contributed by atoms with Crippen molar-refractivity contribution in [1.29, 1.82) is 0 Å². The highest BCUT2D eigenvalue weighted by atomic mass is 35.5. The number of hydrogen-bond donors (Lipinski definition) is 0. The summed E-state index contributed by atoms with van der Waals surface area (Å²) in [4.78, 5) is 4.86. The number of hydrogen-bond acceptors (Lipinski definition) is 1. The third-order valence-corrected chi connectivity index (χ3v) is 5.72. The van der Waals surface area contributed by atoms with Crippen molar-refractivity contribution in [2.45, 2.75) is 45.1 Å². The molecule has 0 aliphatic heterocycles. The molecule has 134 valence electrons. The number of benzene rings is 2. The van der Waals surface area contributed by atoms with Gasteiger partial charge < -0.3 is 4.57 Å². The molecule has 2 aromatic carbocycles. The standard InChI is InChI=1S/C23H25ClN2/c24-20-13-10-19(11-14-20)12-15-23-25-21-8-4-5-9-22(21)26(23)17-16-18-6-2-1-3-7-18/h4-5,8-15,18H,1-3,6-7,16-17H2. The first-order valence-electron chi connectivity index (χ1n) is 9.68. The quantitative estimate of drug-likeness (QED) is 0.485. The zero-order chi connectivity index (χ0) is 17.8. The fourth-order valence-electron chi connectivity index (χ4n) is 3.99. The molecule has 3 aromatic rings. The van der Waals surface area contributed by atoms with Gasteiger partial charge in [-0.25, -0.2) is 4.98 Å². The first-order valence-corrected chi connectivity index (χ1v) is 10.1. The molecule has 0 unspecified atom stereocenters. The largest absolute Gasteiger partial charge is 0.324 e. The lowest BCUT2D eigenvalue weighted by molar-refractivity contribution is 0.325. The second kappa shape index (κ2) is 8.09. The van der Waals surface area contributed by atoms with Crippen molar-refractivity contribution >= 4 is 34.8 Å². The fraction of sp³-hybridized carbons (Fsp3) is 0.348. The Morgan fingerprint density at radius 2 is 1.73 bits per heavy atom. The van der Waals surface area contributed by atoms with Crippen LogP contribution >= 0.6 is 11.6 Å². The van der Waals surface area contributed by atoms with E-state index in [1.165, 1.54) is 44.0 Å². The summed E-state index contributed by atoms with van der Waals surface area (Å²) in [5, 5.41) is 0.766. The lowest BCUT2D eigenvalue weighted by Crippen LogP contribution is -2.11. The van der Waals surface area contributed by atoms with Crippen LogP contribution in [-0.2, 0) is 6.54 Å². The van der Waals surface area contributed by atoms with Gasteiger partial charge in [0.2, 0.25) is 0 Å². The van der Waals surface area contributed by atoms with E-state index < -0.39 is 0 Å². The molecule has 0 amide bonds. The monoisotopic (exact) mass is 364 g/mol. The molecular formula is C23H25ClN2. The molecule has 1 aromatic heterocycles. The van der Waals surface area contributed by atoms with Gasteiger partial charge in [-0.2, -0.15) is 0 Å². The number of imidazole rings is 1. The van der Waals surface area contributed by atoms with Gasteiger partial charge in [0.1, 0.15) is 5.82 Å². The molecule has 0 radical (unpaired) electrons. The van der Waals surface area contributed by atoms with Gasteiger partial charge in [-0.05, 0) is 48.2 Å². The Morgan fingerprint density at radius 3 is 2.54 bits per heavy atom. The van der Waals surface area contributed by atoms with Crippen LogP contribution < -0.4 is 0 Å². The molecule has 0 saturated heterocycles. The first kappa shape index (κ1) is 17.4. The summed E-state index contributed by atoms with van der Waals surface area (Å²) < 4.78 is 2.39. The van der Waals surface area contributed by atoms with Crippen LogP contribution in [0.2, 0.25) is 5.02 Å². The predicted molar refractivity (Wildman–Crippen MR) is 111 cm³/mol. The molecule has 3 heteroatoms. The minimum Gasteiger partial charge on any atom is -0.324 e. The zero-order valence-electron chi connectivity index (χ0n) is 15.1. The molecule has 0 atom stereocenters. The Balaban J connectivity index is 1.59. The van der Waals surface area contributed by atoms with Gasteiger partial charge in [0, 0.05) is 11.6 Å². The van der Waals surface area contributed by atoms with Crippen LogP contribution in [0.1, 0.15) is 49.9 Å². The minimum absolute atomic E-state index is 0.766. The summed E-state index contributed by atoms with van der Waals surface area (Å²) in [5.41, 5.74) is 3.45. The van der Waals surface area contributed by atoms with E-state index >= 15 is 0 Å². The molecule has 0 N–H and O–H groups in total. The molecule has 26 heavy (non-hydrogen) atoms. The molecule has 0 bridgehead atoms. The van der Waals surface area contributed by atoms with E-state index in [-0.39, 0.29) is 0 Å². The summed E-state index contributed by atoms with van der Waals surface area (Å²) in [6.45, 7) is 1.05. The summed E-state index contributed by atoms with van der Waals surface area (Å²) in [7, 11) is 0. The van der Waals surface area contributed by atoms with Gasteiger partial charge in [0.05, 0.1) is 11.0 Å². The Hall–Kier alpha value is -2.06. The Kier molecular flexibility index (Phi) is 5.40. The lowest BCUT2D eigenvalue weighted by Gasteiger charge is -2.22. The Morgan fingerprint density at radius 1 is 0.962 bits per heavy atom. The zero-order valence-corrected chi connectivity index (χ0v) is 15.8. The normalized spacial score (nSPS) is 15.9. The number of aromatic nitrogens is 2. The average Bonchev–Trinajstić information content (AvgIpc) is 3.04. The number of para-hydroxylation sites is 2. The lowest BCUT2D eigenvalue weighted by atomic mass is 9.87. The van der Waals surface area contributed by atoms with E-state index in [0.29, 0.717) is 0 Å². The number of aryl methyl sites for hydroxylation is 1. The van der Waals surface area contributed by atoms with Crippen LogP contribution in [0.15, 0.2) is 48.5 Å². The topological polar surface area (TPSA) is 17.8 Å². The number of halogens is 1. The van der Waals surface area contributed by atoms with Gasteiger partial charge in [-0.15, -0.1) is 0 Å². The maximum Gasteiger partial charge on any atom is 0.133 e. The van der Waals surface area contributed by atoms with Crippen molar-refractivity contribution in [3.63, 3.8) is 0 Å². The SMILES string of the molecule is Clc1ccc(C=Cc2nc3ccccc3n2CCC2CCCCC2)cc1. The predicted octanol–water partition coefficient (Wildman–Crippen LogP) is 6.83. The van der Waals surface area contributed by atoms with E-state index in [1.54, 1.807) is 0 Å². The average molecular weight is 365 g/mol. The molecule has 1 saturated carbocycles. The first-order chi connectivity index (χ1) is 12.8. The van der Waals surface area contributed by atoms with Crippen LogP contribution in [0.25, 0.3) is 23.2 Å². The van der Waals surface area contributed by atoms with Crippen LogP contribution in [0.3, 0.4) is 0 Å². The van der Waals surface area contributed by atoms with E-state index in [9.17, 15) is 0 Å². The minimum atomic E-state index is 0.766. The molecular weight excluding hydrogens is 340 g/mol. The van der Waals surface area contributed by atoms with E-state index in [4.69, 9.17) is 16.6 Å². The van der Waals surface area contributed by atoms with Gasteiger partial charge in [0.25, 0.3) is 0 Å². The van der Waals surface area contributed by atoms with Crippen molar-refractivity contribution in [2.75, 3.05) is 0 Å². The molecule has 1 fully saturated rings. The van der Waals surface area contributed by atoms with Gasteiger partial charge in [-0.3, -0.25) is 0 Å². The van der Waals surface area contributed by atoms with Crippen LogP contribution in [0, 0.1) is 5.92 Å². The van der Waals surface area contributed by atoms with Crippen molar-refractivity contribution < 1.29 is 0 Å². The van der Waals surface area contributed by atoms with E-state index in [1.807, 2.05) is 24.3 Å². The van der Waals surface area contributed by atoms with Crippen LogP contribution in [0.4, 0.5) is 0 Å². The molecule has 4 rings (SSSR count). The molecule has 2 nitrogen and oxygen atoms in total. The van der Waals surface area contributed by atoms with E-state index in [0.717, 1.165) is 34.4 Å². The fourth-order valence-corrected chi connectivity index (χ4v) is 4.11. The van der Waals surface area contributed by atoms with Crippen molar-refractivity contribution in [1.82, 2.24) is 9.55 Å². The summed E-state index contributed by atoms with van der Waals surface area (Å²) in [6, 6.07) is 16.4. The molecule has 0 spiro atoms. The summed E-state index contributed by atoms with van der Waals surface area (Å²) in [5.74, 6) is 1.91. The van der Waals surface area contributed by atoms with Crippen LogP contribution in [0.5, 0.6) is 0 Å². The van der Waals surface area contributed by atoms with Crippen molar-refractivity contribution in [3.8, 4) is 0 Å². The third-order valence-electron chi connectivity index (χ3n) is 5.46. The van der Waals surface area contributed by atoms with Crippen LogP contribution in [-0.4, -0.2) is 9.55 Å². The molecule has 1 aliphatic carbocycles. The van der Waals surface area contributed by atoms with E-state index in [2.05, 4.69) is 41.0 Å². The number of rotatable bonds is 5. The second-order valence-electron chi connectivity index (χ2n) is 7.29. The number of fused-ring (bicyclic) bond motifs is 1. The highest BCUT2D eigenvalue weighted by molar-refractivity contribution is 6.30. The Bertz CT molecular complexity index is 886. The Labute approximate surface area is 160 Å². The maximum atomic E-state index is 5.98. The maximum absolute atomic E-state index is 5.98. The summed E-state index contributed by atoms with van der Waals surface area (Å²) >= 11 is 5.98. The second-order valence-corrected chi connectivity index (χ2v) is 7.72. The highest BCUT2D eigenvalue weighted by Gasteiger charge is 2.15. The van der Waals surface area contributed by atoms with Crippen molar-refractivity contribution in [3.05, 3.63) is 64.9 Å². The highest BCUT2D eigenvalue weighted by Crippen LogP contribution is 2.28. The smallest absolute Gasteiger partial charge is 0.133 e. The number of nitrogens with zero attached hydrogens (tertiary/aromatic N) is 2.